The van der Waals surface area contributed by atoms with Crippen molar-refractivity contribution in [1.29, 1.82) is 0 Å². The second kappa shape index (κ2) is 11.1. The first kappa shape index (κ1) is 24.9. The zero-order valence-electron chi connectivity index (χ0n) is 21.0. The number of fused-ring (bicyclic) bond motifs is 2. The summed E-state index contributed by atoms with van der Waals surface area (Å²) in [6, 6.07) is 16.2. The van der Waals surface area contributed by atoms with Crippen LogP contribution < -0.4 is 10.1 Å². The standard InChI is InChI=1S/C30H33N3O4/c34-28(18-21-3-1-4-24(17-21)25-10-15-32-33-20-25)31-14-2-16-37-26-6-5-22-7-11-30(27(22)19-26)12-8-23(9-13-30)29(35)36/h1,3-6,10,15,17,19-20,23H,2,7-9,11-14,16,18H2,(H,31,34)(H,35,36). The lowest BCUT2D eigenvalue weighted by Crippen LogP contribution is -2.32. The Morgan fingerprint density at radius 2 is 1.89 bits per heavy atom. The first-order valence-electron chi connectivity index (χ1n) is 13.1. The second-order valence-corrected chi connectivity index (χ2v) is 10.3. The molecule has 5 rings (SSSR count). The zero-order chi connectivity index (χ0) is 25.7. The Morgan fingerprint density at radius 3 is 2.68 bits per heavy atom. The third kappa shape index (κ3) is 5.82. The number of ether oxygens (including phenoxy) is 1. The van der Waals surface area contributed by atoms with E-state index in [1.165, 1.54) is 11.1 Å². The molecule has 1 heterocycles. The minimum absolute atomic E-state index is 0.0126. The van der Waals surface area contributed by atoms with Gasteiger partial charge in [-0.1, -0.05) is 30.3 Å². The van der Waals surface area contributed by atoms with Crippen LogP contribution in [0.3, 0.4) is 0 Å². The number of carboxylic acid groups (broad SMARTS) is 1. The van der Waals surface area contributed by atoms with Crippen LogP contribution in [0.4, 0.5) is 0 Å². The summed E-state index contributed by atoms with van der Waals surface area (Å²) in [7, 11) is 0. The number of aryl methyl sites for hydroxylation is 1. The predicted octanol–water partition coefficient (Wildman–Crippen LogP) is 4.73. The summed E-state index contributed by atoms with van der Waals surface area (Å²) in [6.45, 7) is 1.08. The Bertz CT molecular complexity index is 1250. The number of hydrogen-bond donors (Lipinski definition) is 2. The number of carbonyl (C=O) groups excluding carboxylic acids is 1. The smallest absolute Gasteiger partial charge is 0.306 e. The number of carbonyl (C=O) groups is 2. The van der Waals surface area contributed by atoms with Gasteiger partial charge < -0.3 is 15.2 Å². The number of amides is 1. The van der Waals surface area contributed by atoms with Gasteiger partial charge in [-0.25, -0.2) is 0 Å². The highest BCUT2D eigenvalue weighted by atomic mass is 16.5. The highest BCUT2D eigenvalue weighted by Crippen LogP contribution is 2.50. The molecule has 1 aromatic heterocycles. The van der Waals surface area contributed by atoms with Crippen molar-refractivity contribution in [3.63, 3.8) is 0 Å². The number of rotatable bonds is 9. The molecule has 1 spiro atoms. The van der Waals surface area contributed by atoms with E-state index in [0.717, 1.165) is 67.4 Å². The van der Waals surface area contributed by atoms with E-state index in [9.17, 15) is 14.7 Å². The fraction of sp³-hybridized carbons (Fsp3) is 0.400. The fourth-order valence-electron chi connectivity index (χ4n) is 5.86. The van der Waals surface area contributed by atoms with Crippen LogP contribution in [-0.4, -0.2) is 40.3 Å². The molecule has 192 valence electrons. The Labute approximate surface area is 217 Å². The molecule has 2 aliphatic rings. The van der Waals surface area contributed by atoms with Crippen molar-refractivity contribution in [2.45, 2.75) is 56.8 Å². The van der Waals surface area contributed by atoms with Crippen LogP contribution in [0.1, 0.15) is 55.2 Å². The summed E-state index contributed by atoms with van der Waals surface area (Å²) < 4.78 is 6.03. The predicted molar refractivity (Wildman–Crippen MR) is 140 cm³/mol. The first-order valence-corrected chi connectivity index (χ1v) is 13.1. The van der Waals surface area contributed by atoms with Gasteiger partial charge >= 0.3 is 5.97 Å². The van der Waals surface area contributed by atoms with E-state index in [1.54, 1.807) is 12.4 Å². The highest BCUT2D eigenvalue weighted by molar-refractivity contribution is 5.79. The minimum atomic E-state index is -0.659. The van der Waals surface area contributed by atoms with Gasteiger partial charge in [0.25, 0.3) is 0 Å². The molecule has 7 nitrogen and oxygen atoms in total. The van der Waals surface area contributed by atoms with Crippen LogP contribution in [-0.2, 0) is 27.8 Å². The minimum Gasteiger partial charge on any atom is -0.494 e. The lowest BCUT2D eigenvalue weighted by Gasteiger charge is -2.37. The molecule has 2 aliphatic carbocycles. The molecule has 0 radical (unpaired) electrons. The maximum Gasteiger partial charge on any atom is 0.306 e. The molecule has 2 N–H and O–H groups in total. The van der Waals surface area contributed by atoms with Crippen molar-refractivity contribution < 1.29 is 19.4 Å². The third-order valence-corrected chi connectivity index (χ3v) is 7.94. The van der Waals surface area contributed by atoms with Crippen molar-refractivity contribution in [2.24, 2.45) is 5.92 Å². The Balaban J connectivity index is 1.08. The number of nitrogens with one attached hydrogen (secondary N) is 1. The van der Waals surface area contributed by atoms with Crippen molar-refractivity contribution in [2.75, 3.05) is 13.2 Å². The Hall–Kier alpha value is -3.74. The summed E-state index contributed by atoms with van der Waals surface area (Å²) >= 11 is 0. The molecule has 3 aromatic rings. The Morgan fingerprint density at radius 1 is 1.03 bits per heavy atom. The molecular weight excluding hydrogens is 466 g/mol. The van der Waals surface area contributed by atoms with E-state index in [2.05, 4.69) is 27.6 Å². The van der Waals surface area contributed by atoms with E-state index in [0.29, 0.717) is 19.6 Å². The van der Waals surface area contributed by atoms with Gasteiger partial charge in [0, 0.05) is 12.1 Å². The number of carboxylic acids is 1. The maximum absolute atomic E-state index is 12.4. The van der Waals surface area contributed by atoms with Gasteiger partial charge in [0.15, 0.2) is 0 Å². The van der Waals surface area contributed by atoms with Gasteiger partial charge in [0.1, 0.15) is 5.75 Å². The highest BCUT2D eigenvalue weighted by Gasteiger charge is 2.43. The van der Waals surface area contributed by atoms with E-state index >= 15 is 0 Å². The zero-order valence-corrected chi connectivity index (χ0v) is 21.0. The molecule has 0 atom stereocenters. The molecule has 7 heteroatoms. The summed E-state index contributed by atoms with van der Waals surface area (Å²) in [5.74, 6) is -0.0178. The molecule has 0 bridgehead atoms. The second-order valence-electron chi connectivity index (χ2n) is 10.3. The van der Waals surface area contributed by atoms with Crippen LogP contribution in [0.15, 0.2) is 60.9 Å². The monoisotopic (exact) mass is 499 g/mol. The average molecular weight is 500 g/mol. The quantitative estimate of drug-likeness (QED) is 0.413. The van der Waals surface area contributed by atoms with Crippen molar-refractivity contribution >= 4 is 11.9 Å². The maximum atomic E-state index is 12.4. The number of aromatic nitrogens is 2. The van der Waals surface area contributed by atoms with Gasteiger partial charge in [-0.2, -0.15) is 10.2 Å². The summed E-state index contributed by atoms with van der Waals surface area (Å²) in [5, 5.41) is 20.1. The SMILES string of the molecule is O=C(Cc1cccc(-c2ccnnc2)c1)NCCCOc1ccc2c(c1)C1(CC2)CCC(C(=O)O)CC1. The molecule has 1 fully saturated rings. The summed E-state index contributed by atoms with van der Waals surface area (Å²) in [5.41, 5.74) is 5.77. The summed E-state index contributed by atoms with van der Waals surface area (Å²) in [6.07, 6.45) is 9.96. The van der Waals surface area contributed by atoms with Crippen LogP contribution >= 0.6 is 0 Å². The average Bonchev–Trinajstić information content (AvgIpc) is 3.26. The lowest BCUT2D eigenvalue weighted by molar-refractivity contribution is -0.143. The third-order valence-electron chi connectivity index (χ3n) is 7.94. The molecule has 0 saturated heterocycles. The normalized spacial score (nSPS) is 20.4. The molecule has 0 unspecified atom stereocenters. The van der Waals surface area contributed by atoms with E-state index < -0.39 is 5.97 Å². The van der Waals surface area contributed by atoms with Crippen LogP contribution in [0.5, 0.6) is 5.75 Å². The van der Waals surface area contributed by atoms with Crippen LogP contribution in [0, 0.1) is 5.92 Å². The molecular formula is C30H33N3O4. The molecule has 1 saturated carbocycles. The topological polar surface area (TPSA) is 101 Å². The molecule has 37 heavy (non-hydrogen) atoms. The van der Waals surface area contributed by atoms with Gasteiger partial charge in [-0.05, 0) is 90.8 Å². The lowest BCUT2D eigenvalue weighted by atomic mass is 9.67. The van der Waals surface area contributed by atoms with E-state index in [4.69, 9.17) is 4.74 Å². The molecule has 1 amide bonds. The van der Waals surface area contributed by atoms with Crippen molar-refractivity contribution in [3.05, 3.63) is 77.6 Å². The number of benzene rings is 2. The van der Waals surface area contributed by atoms with Gasteiger partial charge in [0.05, 0.1) is 31.3 Å². The van der Waals surface area contributed by atoms with Crippen molar-refractivity contribution in [3.8, 4) is 16.9 Å². The van der Waals surface area contributed by atoms with Gasteiger partial charge in [-0.15, -0.1) is 0 Å². The van der Waals surface area contributed by atoms with E-state index in [-0.39, 0.29) is 17.2 Å². The van der Waals surface area contributed by atoms with Crippen molar-refractivity contribution in [1.82, 2.24) is 15.5 Å². The molecule has 0 aliphatic heterocycles. The van der Waals surface area contributed by atoms with E-state index in [1.807, 2.05) is 36.4 Å². The molecule has 2 aromatic carbocycles. The summed E-state index contributed by atoms with van der Waals surface area (Å²) in [4.78, 5) is 23.8. The number of aliphatic carboxylic acids is 1. The number of nitrogens with zero attached hydrogens (tertiary/aromatic N) is 2. The van der Waals surface area contributed by atoms with Crippen LogP contribution in [0.2, 0.25) is 0 Å². The first-order chi connectivity index (χ1) is 18.0. The number of hydrogen-bond acceptors (Lipinski definition) is 5. The van der Waals surface area contributed by atoms with Gasteiger partial charge in [0.2, 0.25) is 5.91 Å². The largest absolute Gasteiger partial charge is 0.494 e. The fourth-order valence-corrected chi connectivity index (χ4v) is 5.86. The Kier molecular flexibility index (Phi) is 7.49. The van der Waals surface area contributed by atoms with Gasteiger partial charge in [-0.3, -0.25) is 9.59 Å². The van der Waals surface area contributed by atoms with Crippen LogP contribution in [0.25, 0.3) is 11.1 Å².